The molecule has 1 aliphatic rings. The minimum absolute atomic E-state index is 0.0217. The first-order valence-electron chi connectivity index (χ1n) is 9.00. The van der Waals surface area contributed by atoms with Crippen molar-refractivity contribution in [2.75, 3.05) is 12.3 Å². The summed E-state index contributed by atoms with van der Waals surface area (Å²) in [6, 6.07) is 4.63. The minimum atomic E-state index is -2.28. The maximum absolute atomic E-state index is 13.9. The summed E-state index contributed by atoms with van der Waals surface area (Å²) in [5, 5.41) is 1.20. The first-order valence-corrected chi connectivity index (χ1v) is 11.1. The van der Waals surface area contributed by atoms with Gasteiger partial charge in [-0.05, 0) is 46.3 Å². The predicted octanol–water partition coefficient (Wildman–Crippen LogP) is 5.86. The monoisotopic (exact) mass is 334 g/mol. The molecule has 0 bridgehead atoms. The maximum Gasteiger partial charge on any atom is 0.116 e. The molecule has 0 aromatic heterocycles. The molecular weight excluding hydrogens is 299 g/mol. The Balaban J connectivity index is 2.72. The first kappa shape index (κ1) is 18.8. The van der Waals surface area contributed by atoms with E-state index in [1.165, 1.54) is 22.0 Å². The second-order valence-electron chi connectivity index (χ2n) is 9.90. The van der Waals surface area contributed by atoms with Crippen molar-refractivity contribution in [1.29, 1.82) is 0 Å². The molecule has 1 nitrogen and oxygen atoms in total. The van der Waals surface area contributed by atoms with Gasteiger partial charge in [0.15, 0.2) is 0 Å². The van der Waals surface area contributed by atoms with Gasteiger partial charge in [-0.1, -0.05) is 67.5 Å². The van der Waals surface area contributed by atoms with Gasteiger partial charge in [0.05, 0.1) is 0 Å². The van der Waals surface area contributed by atoms with Crippen molar-refractivity contribution in [1.82, 2.24) is 0 Å². The number of aryl methyl sites for hydroxylation is 1. The van der Waals surface area contributed by atoms with Crippen LogP contribution in [0.25, 0.3) is 0 Å². The van der Waals surface area contributed by atoms with Gasteiger partial charge in [0, 0.05) is 17.6 Å². The summed E-state index contributed by atoms with van der Waals surface area (Å²) >= 11 is 0. The molecule has 0 N–H and O–H groups in total. The van der Waals surface area contributed by atoms with E-state index >= 15 is 0 Å². The van der Waals surface area contributed by atoms with E-state index in [9.17, 15) is 4.57 Å². The van der Waals surface area contributed by atoms with Crippen LogP contribution < -0.4 is 5.30 Å². The topological polar surface area (TPSA) is 17.1 Å². The SMILES string of the molecule is Cc1cc(C(C)(C)C)cc(C(C)(C)C)c1P1(=O)CC(C)C(C)C1. The van der Waals surface area contributed by atoms with Gasteiger partial charge in [0.1, 0.15) is 7.14 Å². The van der Waals surface area contributed by atoms with E-state index in [-0.39, 0.29) is 10.8 Å². The van der Waals surface area contributed by atoms with Gasteiger partial charge < -0.3 is 4.57 Å². The molecule has 0 aliphatic carbocycles. The standard InChI is InChI=1S/C21H35OP/c1-14-10-17(20(4,5)6)11-18(21(7,8)9)19(14)23(22)12-15(2)16(3)13-23/h10-11,15-16H,12-13H2,1-9H3. The van der Waals surface area contributed by atoms with Crippen LogP contribution in [-0.2, 0) is 15.4 Å². The fourth-order valence-corrected chi connectivity index (χ4v) is 8.51. The number of benzene rings is 1. The van der Waals surface area contributed by atoms with Crippen LogP contribution in [0.5, 0.6) is 0 Å². The molecule has 1 aromatic rings. The van der Waals surface area contributed by atoms with E-state index in [0.717, 1.165) is 12.3 Å². The van der Waals surface area contributed by atoms with Gasteiger partial charge in [0.25, 0.3) is 0 Å². The van der Waals surface area contributed by atoms with Crippen LogP contribution in [0.4, 0.5) is 0 Å². The summed E-state index contributed by atoms with van der Waals surface area (Å²) in [4.78, 5) is 0. The molecule has 2 unspecified atom stereocenters. The van der Waals surface area contributed by atoms with Crippen molar-refractivity contribution < 1.29 is 4.57 Å². The third-order valence-corrected chi connectivity index (χ3v) is 9.26. The largest absolute Gasteiger partial charge is 0.319 e. The van der Waals surface area contributed by atoms with Gasteiger partial charge in [-0.25, -0.2) is 0 Å². The van der Waals surface area contributed by atoms with Crippen LogP contribution in [-0.4, -0.2) is 12.3 Å². The number of rotatable bonds is 1. The van der Waals surface area contributed by atoms with Crippen molar-refractivity contribution in [2.45, 2.75) is 73.1 Å². The van der Waals surface area contributed by atoms with E-state index in [2.05, 4.69) is 74.4 Å². The van der Waals surface area contributed by atoms with Crippen LogP contribution in [0.2, 0.25) is 0 Å². The van der Waals surface area contributed by atoms with Gasteiger partial charge in [-0.3, -0.25) is 0 Å². The molecular formula is C21H35OP. The van der Waals surface area contributed by atoms with Crippen molar-refractivity contribution in [3.8, 4) is 0 Å². The van der Waals surface area contributed by atoms with Crippen molar-refractivity contribution in [3.63, 3.8) is 0 Å². The lowest BCUT2D eigenvalue weighted by atomic mass is 9.79. The van der Waals surface area contributed by atoms with Crippen LogP contribution in [0.15, 0.2) is 12.1 Å². The van der Waals surface area contributed by atoms with Gasteiger partial charge >= 0.3 is 0 Å². The highest BCUT2D eigenvalue weighted by molar-refractivity contribution is 7.72. The zero-order valence-electron chi connectivity index (χ0n) is 16.6. The molecule has 2 rings (SSSR count). The molecule has 0 saturated carbocycles. The highest BCUT2D eigenvalue weighted by atomic mass is 31.2. The van der Waals surface area contributed by atoms with E-state index in [4.69, 9.17) is 0 Å². The molecule has 0 radical (unpaired) electrons. The molecule has 0 spiro atoms. The Morgan fingerprint density at radius 3 is 1.78 bits per heavy atom. The Hall–Kier alpha value is -0.550. The fraction of sp³-hybridized carbons (Fsp3) is 0.714. The van der Waals surface area contributed by atoms with Crippen molar-refractivity contribution in [3.05, 3.63) is 28.8 Å². The summed E-state index contributed by atoms with van der Waals surface area (Å²) < 4.78 is 13.9. The third-order valence-electron chi connectivity index (χ3n) is 5.52. The lowest BCUT2D eigenvalue weighted by Crippen LogP contribution is -2.28. The van der Waals surface area contributed by atoms with Crippen LogP contribution >= 0.6 is 7.14 Å². The highest BCUT2D eigenvalue weighted by Crippen LogP contribution is 2.57. The average Bonchev–Trinajstić information content (AvgIpc) is 2.60. The normalized spacial score (nSPS) is 29.1. The Bertz CT molecular complexity index is 629. The first-order chi connectivity index (χ1) is 10.3. The molecule has 23 heavy (non-hydrogen) atoms. The lowest BCUT2D eigenvalue weighted by molar-refractivity contribution is 0.494. The number of hydrogen-bond donors (Lipinski definition) is 0. The smallest absolute Gasteiger partial charge is 0.116 e. The summed E-state index contributed by atoms with van der Waals surface area (Å²) in [6.07, 6.45) is 1.76. The second kappa shape index (κ2) is 5.76. The zero-order valence-corrected chi connectivity index (χ0v) is 17.5. The van der Waals surface area contributed by atoms with Crippen LogP contribution in [0, 0.1) is 18.8 Å². The maximum atomic E-state index is 13.9. The zero-order chi connectivity index (χ0) is 17.8. The number of hydrogen-bond acceptors (Lipinski definition) is 1. The van der Waals surface area contributed by atoms with Gasteiger partial charge in [-0.15, -0.1) is 0 Å². The van der Waals surface area contributed by atoms with Crippen LogP contribution in [0.1, 0.15) is 72.1 Å². The quantitative estimate of drug-likeness (QED) is 0.587. The molecule has 0 amide bonds. The molecule has 1 aliphatic heterocycles. The third kappa shape index (κ3) is 3.60. The minimum Gasteiger partial charge on any atom is -0.319 e. The molecule has 1 saturated heterocycles. The molecule has 2 atom stereocenters. The van der Waals surface area contributed by atoms with E-state index in [1.54, 1.807) is 0 Å². The van der Waals surface area contributed by atoms with Gasteiger partial charge in [0.2, 0.25) is 0 Å². The Kier molecular flexibility index (Phi) is 4.71. The summed E-state index contributed by atoms with van der Waals surface area (Å²) in [6.45, 7) is 20.3. The second-order valence-corrected chi connectivity index (χ2v) is 12.9. The van der Waals surface area contributed by atoms with Gasteiger partial charge in [-0.2, -0.15) is 0 Å². The van der Waals surface area contributed by atoms with Crippen molar-refractivity contribution >= 4 is 12.4 Å². The molecule has 1 fully saturated rings. The predicted molar refractivity (Wildman–Crippen MR) is 104 cm³/mol. The Morgan fingerprint density at radius 1 is 0.913 bits per heavy atom. The van der Waals surface area contributed by atoms with E-state index in [0.29, 0.717) is 11.8 Å². The summed E-state index contributed by atoms with van der Waals surface area (Å²) in [5.41, 5.74) is 4.05. The van der Waals surface area contributed by atoms with E-state index in [1.807, 2.05) is 0 Å². The lowest BCUT2D eigenvalue weighted by Gasteiger charge is -2.31. The molecule has 130 valence electrons. The average molecular weight is 334 g/mol. The summed E-state index contributed by atoms with van der Waals surface area (Å²) in [7, 11) is -2.28. The van der Waals surface area contributed by atoms with Crippen LogP contribution in [0.3, 0.4) is 0 Å². The van der Waals surface area contributed by atoms with E-state index < -0.39 is 7.14 Å². The Morgan fingerprint density at radius 2 is 1.39 bits per heavy atom. The Labute approximate surface area is 143 Å². The highest BCUT2D eigenvalue weighted by Gasteiger charge is 2.42. The van der Waals surface area contributed by atoms with Crippen molar-refractivity contribution in [2.24, 2.45) is 11.8 Å². The molecule has 1 aromatic carbocycles. The fourth-order valence-electron chi connectivity index (χ4n) is 3.87. The summed E-state index contributed by atoms with van der Waals surface area (Å²) in [5.74, 6) is 1.13. The molecule has 1 heterocycles. The molecule has 2 heteroatoms.